The Morgan fingerprint density at radius 2 is 1.02 bits per heavy atom. The third-order valence-electron chi connectivity index (χ3n) is 9.23. The van der Waals surface area contributed by atoms with Crippen molar-refractivity contribution < 1.29 is 4.42 Å². The number of benzene rings is 7. The molecular weight excluding hydrogens is 571 g/mol. The highest BCUT2D eigenvalue weighted by molar-refractivity contribution is 6.09. The molecule has 0 N–H and O–H groups in total. The molecule has 0 radical (unpaired) electrons. The highest BCUT2D eigenvalue weighted by Crippen LogP contribution is 2.40. The van der Waals surface area contributed by atoms with E-state index in [1.165, 1.54) is 38.9 Å². The topological polar surface area (TPSA) is 16.4 Å². The maximum atomic E-state index is 6.35. The summed E-state index contributed by atoms with van der Waals surface area (Å²) in [7, 11) is 0. The molecule has 2 heteroatoms. The van der Waals surface area contributed by atoms with Crippen molar-refractivity contribution in [2.24, 2.45) is 0 Å². The smallest absolute Gasteiger partial charge is 0.143 e. The van der Waals surface area contributed by atoms with E-state index in [4.69, 9.17) is 4.42 Å². The van der Waals surface area contributed by atoms with E-state index in [-0.39, 0.29) is 0 Å². The second-order valence-corrected chi connectivity index (χ2v) is 12.4. The third kappa shape index (κ3) is 5.28. The quantitative estimate of drug-likeness (QED) is 0.187. The van der Waals surface area contributed by atoms with Crippen molar-refractivity contribution in [3.8, 4) is 33.4 Å². The van der Waals surface area contributed by atoms with Gasteiger partial charge in [0.25, 0.3) is 0 Å². The lowest BCUT2D eigenvalue weighted by atomic mass is 9.93. The molecule has 0 aliphatic carbocycles. The minimum atomic E-state index is 0.915. The zero-order chi connectivity index (χ0) is 31.9. The van der Waals surface area contributed by atoms with Crippen LogP contribution in [0, 0.1) is 20.8 Å². The number of rotatable bonds is 6. The molecular formula is C45H35NO. The van der Waals surface area contributed by atoms with Gasteiger partial charge in [0.05, 0.1) is 0 Å². The van der Waals surface area contributed by atoms with Gasteiger partial charge in [0, 0.05) is 33.4 Å². The first-order valence-corrected chi connectivity index (χ1v) is 16.2. The first-order valence-electron chi connectivity index (χ1n) is 16.2. The minimum absolute atomic E-state index is 0.915. The number of nitrogens with zero attached hydrogens (tertiary/aromatic N) is 1. The Balaban J connectivity index is 1.17. The summed E-state index contributed by atoms with van der Waals surface area (Å²) in [5.41, 5.74) is 16.2. The van der Waals surface area contributed by atoms with Crippen LogP contribution in [-0.4, -0.2) is 0 Å². The molecule has 0 aliphatic heterocycles. The standard InChI is InChI=1S/C45H35NO/c1-30-10-8-12-38(28-30)46(36-24-20-33(21-25-36)35-19-18-32(3)43(29-35)39-13-5-4-11-31(39)2)37-26-22-34(23-27-37)40-15-9-16-42-41-14-6-7-17-44(41)47-45(40)42/h4-29H,1-3H3. The van der Waals surface area contributed by atoms with E-state index in [1.807, 2.05) is 12.1 Å². The molecule has 2 nitrogen and oxygen atoms in total. The van der Waals surface area contributed by atoms with Crippen molar-refractivity contribution in [2.45, 2.75) is 20.8 Å². The van der Waals surface area contributed by atoms with Gasteiger partial charge in [0.2, 0.25) is 0 Å². The molecule has 226 valence electrons. The van der Waals surface area contributed by atoms with Gasteiger partial charge >= 0.3 is 0 Å². The molecule has 0 fully saturated rings. The number of anilines is 3. The van der Waals surface area contributed by atoms with E-state index in [1.54, 1.807) is 0 Å². The van der Waals surface area contributed by atoms with Gasteiger partial charge in [-0.05, 0) is 114 Å². The third-order valence-corrected chi connectivity index (χ3v) is 9.23. The lowest BCUT2D eigenvalue weighted by Crippen LogP contribution is -2.10. The summed E-state index contributed by atoms with van der Waals surface area (Å²) in [4.78, 5) is 2.33. The van der Waals surface area contributed by atoms with Crippen molar-refractivity contribution in [2.75, 3.05) is 4.90 Å². The van der Waals surface area contributed by atoms with Crippen LogP contribution in [0.15, 0.2) is 162 Å². The zero-order valence-electron chi connectivity index (χ0n) is 26.9. The maximum absolute atomic E-state index is 6.35. The Hall–Kier alpha value is -5.86. The Labute approximate surface area is 276 Å². The molecule has 0 saturated heterocycles. The molecule has 0 aliphatic rings. The second kappa shape index (κ2) is 11.8. The van der Waals surface area contributed by atoms with Gasteiger partial charge < -0.3 is 9.32 Å². The summed E-state index contributed by atoms with van der Waals surface area (Å²) in [5, 5.41) is 2.29. The number of hydrogen-bond donors (Lipinski definition) is 0. The van der Waals surface area contributed by atoms with Crippen molar-refractivity contribution in [1.29, 1.82) is 0 Å². The predicted molar refractivity (Wildman–Crippen MR) is 199 cm³/mol. The molecule has 0 atom stereocenters. The summed E-state index contributed by atoms with van der Waals surface area (Å²) in [6.45, 7) is 6.52. The highest BCUT2D eigenvalue weighted by Gasteiger charge is 2.16. The summed E-state index contributed by atoms with van der Waals surface area (Å²) in [6, 6.07) is 56.5. The van der Waals surface area contributed by atoms with E-state index in [9.17, 15) is 0 Å². The normalized spacial score (nSPS) is 11.3. The Morgan fingerprint density at radius 3 is 1.79 bits per heavy atom. The Morgan fingerprint density at radius 1 is 0.404 bits per heavy atom. The lowest BCUT2D eigenvalue weighted by molar-refractivity contribution is 0.670. The molecule has 7 aromatic carbocycles. The molecule has 1 aromatic heterocycles. The number of fused-ring (bicyclic) bond motifs is 3. The second-order valence-electron chi connectivity index (χ2n) is 12.4. The molecule has 0 bridgehead atoms. The fourth-order valence-electron chi connectivity index (χ4n) is 6.75. The van der Waals surface area contributed by atoms with E-state index in [2.05, 4.69) is 171 Å². The molecule has 47 heavy (non-hydrogen) atoms. The zero-order valence-corrected chi connectivity index (χ0v) is 26.9. The predicted octanol–water partition coefficient (Wildman–Crippen LogP) is 13.0. The summed E-state index contributed by atoms with van der Waals surface area (Å²) in [5.74, 6) is 0. The van der Waals surface area contributed by atoms with Crippen LogP contribution in [0.2, 0.25) is 0 Å². The van der Waals surface area contributed by atoms with Crippen LogP contribution in [0.25, 0.3) is 55.3 Å². The minimum Gasteiger partial charge on any atom is -0.455 e. The maximum Gasteiger partial charge on any atom is 0.143 e. The van der Waals surface area contributed by atoms with Crippen LogP contribution in [0.3, 0.4) is 0 Å². The fraction of sp³-hybridized carbons (Fsp3) is 0.0667. The van der Waals surface area contributed by atoms with Gasteiger partial charge in [0.1, 0.15) is 11.2 Å². The van der Waals surface area contributed by atoms with Crippen molar-refractivity contribution >= 4 is 39.0 Å². The average molecular weight is 606 g/mol. The van der Waals surface area contributed by atoms with E-state index in [0.29, 0.717) is 0 Å². The molecule has 0 amide bonds. The van der Waals surface area contributed by atoms with Crippen molar-refractivity contribution in [1.82, 2.24) is 0 Å². The highest BCUT2D eigenvalue weighted by atomic mass is 16.3. The summed E-state index contributed by atoms with van der Waals surface area (Å²) in [6.07, 6.45) is 0. The van der Waals surface area contributed by atoms with E-state index >= 15 is 0 Å². The number of hydrogen-bond acceptors (Lipinski definition) is 2. The van der Waals surface area contributed by atoms with Crippen molar-refractivity contribution in [3.05, 3.63) is 174 Å². The van der Waals surface area contributed by atoms with Crippen LogP contribution in [0.4, 0.5) is 17.1 Å². The first kappa shape index (κ1) is 28.6. The molecule has 8 rings (SSSR count). The molecule has 1 heterocycles. The first-order chi connectivity index (χ1) is 23.0. The van der Waals surface area contributed by atoms with Crippen LogP contribution in [0.1, 0.15) is 16.7 Å². The molecule has 0 saturated carbocycles. The molecule has 8 aromatic rings. The van der Waals surface area contributed by atoms with Crippen LogP contribution in [-0.2, 0) is 0 Å². The number of furan rings is 1. The van der Waals surface area contributed by atoms with Crippen molar-refractivity contribution in [3.63, 3.8) is 0 Å². The average Bonchev–Trinajstić information content (AvgIpc) is 3.49. The van der Waals surface area contributed by atoms with Crippen LogP contribution in [0.5, 0.6) is 0 Å². The van der Waals surface area contributed by atoms with Gasteiger partial charge in [-0.3, -0.25) is 0 Å². The molecule has 0 spiro atoms. The van der Waals surface area contributed by atoms with Gasteiger partial charge in [0.15, 0.2) is 0 Å². The molecule has 0 unspecified atom stereocenters. The largest absolute Gasteiger partial charge is 0.455 e. The van der Waals surface area contributed by atoms with Crippen LogP contribution >= 0.6 is 0 Å². The Bertz CT molecular complexity index is 2380. The SMILES string of the molecule is Cc1cccc(N(c2ccc(-c3ccc(C)c(-c4ccccc4C)c3)cc2)c2ccc(-c3cccc4c3oc3ccccc34)cc2)c1. The van der Waals surface area contributed by atoms with E-state index in [0.717, 1.165) is 50.1 Å². The Kier molecular flexibility index (Phi) is 7.19. The van der Waals surface area contributed by atoms with Gasteiger partial charge in [-0.2, -0.15) is 0 Å². The summed E-state index contributed by atoms with van der Waals surface area (Å²) < 4.78 is 6.35. The lowest BCUT2D eigenvalue weighted by Gasteiger charge is -2.26. The monoisotopic (exact) mass is 605 g/mol. The van der Waals surface area contributed by atoms with Crippen LogP contribution < -0.4 is 4.90 Å². The van der Waals surface area contributed by atoms with E-state index < -0.39 is 0 Å². The van der Waals surface area contributed by atoms with Gasteiger partial charge in [-0.1, -0.05) is 109 Å². The number of aryl methyl sites for hydroxylation is 3. The summed E-state index contributed by atoms with van der Waals surface area (Å²) >= 11 is 0. The fourth-order valence-corrected chi connectivity index (χ4v) is 6.75. The number of para-hydroxylation sites is 2. The van der Waals surface area contributed by atoms with Gasteiger partial charge in [-0.25, -0.2) is 0 Å². The van der Waals surface area contributed by atoms with Gasteiger partial charge in [-0.15, -0.1) is 0 Å².